The third-order valence-electron chi connectivity index (χ3n) is 6.68. The van der Waals surface area contributed by atoms with Crippen LogP contribution in [-0.2, 0) is 16.2 Å². The Morgan fingerprint density at radius 3 is 2.24 bits per heavy atom. The van der Waals surface area contributed by atoms with E-state index in [1.807, 2.05) is 39.0 Å². The minimum Gasteiger partial charge on any atom is -0.598 e. The van der Waals surface area contributed by atoms with Gasteiger partial charge < -0.3 is 15.2 Å². The monoisotopic (exact) mass is 495 g/mol. The molecule has 6 heteroatoms. The number of hydrogen-bond acceptors (Lipinski definition) is 4. The molecule has 34 heavy (non-hydrogen) atoms. The van der Waals surface area contributed by atoms with Crippen molar-refractivity contribution in [3.63, 3.8) is 0 Å². The molecule has 0 heterocycles. The number of unbranched alkanes of at least 4 members (excludes halogenated alkanes) is 1. The third kappa shape index (κ3) is 13.7. The SMILES string of the molecule is C=C/C=C(\C=C/CNC(=O)CCCCN[S+]([O-])C(C)(C)C)[C@@H](C)NC(C)CC(CC)(CC)CC. The number of nitrogens with one attached hydrogen (secondary N) is 3. The highest BCUT2D eigenvalue weighted by Crippen LogP contribution is 2.35. The van der Waals surface area contributed by atoms with Gasteiger partial charge in [-0.3, -0.25) is 4.79 Å². The predicted molar refractivity (Wildman–Crippen MR) is 150 cm³/mol. The van der Waals surface area contributed by atoms with Gasteiger partial charge in [0.05, 0.1) is 0 Å². The van der Waals surface area contributed by atoms with Crippen LogP contribution in [0.5, 0.6) is 0 Å². The standard InChI is InChI=1S/C28H53N3O2S/c1-10-17-25(24(6)31-23(5)22-28(11-2,12-3)13-4)18-16-20-29-26(32)19-14-15-21-30-34(33)27(7,8)9/h10,16-18,23-24,30-31H,1,11-15,19-22H2,2-9H3,(H,29,32)/b18-16-,25-17+/t23?,24-,34?/m1/s1. The zero-order chi connectivity index (χ0) is 26.2. The van der Waals surface area contributed by atoms with Gasteiger partial charge in [-0.05, 0) is 64.9 Å². The van der Waals surface area contributed by atoms with Gasteiger partial charge in [-0.25, -0.2) is 0 Å². The van der Waals surface area contributed by atoms with E-state index in [0.29, 0.717) is 31.0 Å². The van der Waals surface area contributed by atoms with E-state index in [9.17, 15) is 9.35 Å². The van der Waals surface area contributed by atoms with Gasteiger partial charge in [-0.2, -0.15) is 0 Å². The summed E-state index contributed by atoms with van der Waals surface area (Å²) in [6.45, 7) is 22.2. The molecule has 0 saturated heterocycles. The predicted octanol–water partition coefficient (Wildman–Crippen LogP) is 5.97. The lowest BCUT2D eigenvalue weighted by molar-refractivity contribution is -0.120. The summed E-state index contributed by atoms with van der Waals surface area (Å²) in [6, 6.07) is 0.626. The van der Waals surface area contributed by atoms with Crippen LogP contribution in [-0.4, -0.2) is 40.4 Å². The molecule has 0 aromatic carbocycles. The Labute approximate surface area is 214 Å². The lowest BCUT2D eigenvalue weighted by Gasteiger charge is -2.34. The first-order valence-corrected chi connectivity index (χ1v) is 14.3. The van der Waals surface area contributed by atoms with Gasteiger partial charge in [-0.15, -0.1) is 4.72 Å². The molecule has 5 nitrogen and oxygen atoms in total. The van der Waals surface area contributed by atoms with Crippen LogP contribution >= 0.6 is 0 Å². The molecule has 0 bridgehead atoms. The summed E-state index contributed by atoms with van der Waals surface area (Å²) in [5, 5.41) is 6.71. The summed E-state index contributed by atoms with van der Waals surface area (Å²) < 4.78 is 14.7. The molecule has 198 valence electrons. The van der Waals surface area contributed by atoms with Crippen molar-refractivity contribution in [2.24, 2.45) is 5.41 Å². The number of amides is 1. The first-order valence-electron chi connectivity index (χ1n) is 13.1. The Bertz CT molecular complexity index is 628. The average Bonchev–Trinajstić information content (AvgIpc) is 2.78. The van der Waals surface area contributed by atoms with Crippen molar-refractivity contribution in [2.45, 2.75) is 117 Å². The summed E-state index contributed by atoms with van der Waals surface area (Å²) in [5.74, 6) is 0.0469. The second-order valence-electron chi connectivity index (χ2n) is 10.4. The average molecular weight is 496 g/mol. The van der Waals surface area contributed by atoms with Crippen molar-refractivity contribution in [1.29, 1.82) is 0 Å². The highest BCUT2D eigenvalue weighted by Gasteiger charge is 2.27. The topological polar surface area (TPSA) is 76.2 Å². The molecule has 3 atom stereocenters. The minimum atomic E-state index is -1.06. The Kier molecular flexibility index (Phi) is 16.8. The molecule has 0 rings (SSSR count). The first-order chi connectivity index (χ1) is 15.9. The zero-order valence-electron chi connectivity index (χ0n) is 23.3. The maximum Gasteiger partial charge on any atom is 0.220 e. The molecule has 3 N–H and O–H groups in total. The fraction of sp³-hybridized carbons (Fsp3) is 0.750. The Morgan fingerprint density at radius 1 is 1.09 bits per heavy atom. The Morgan fingerprint density at radius 2 is 1.71 bits per heavy atom. The van der Waals surface area contributed by atoms with E-state index in [4.69, 9.17) is 0 Å². The van der Waals surface area contributed by atoms with Gasteiger partial charge >= 0.3 is 0 Å². The molecule has 0 spiro atoms. The van der Waals surface area contributed by atoms with Crippen LogP contribution < -0.4 is 15.4 Å². The van der Waals surface area contributed by atoms with Gasteiger partial charge in [0, 0.05) is 43.0 Å². The van der Waals surface area contributed by atoms with Gasteiger partial charge in [0.2, 0.25) is 5.91 Å². The molecule has 0 radical (unpaired) electrons. The molecule has 0 aliphatic heterocycles. The number of carbonyl (C=O) groups is 1. The van der Waals surface area contributed by atoms with Crippen LogP contribution in [0.3, 0.4) is 0 Å². The zero-order valence-corrected chi connectivity index (χ0v) is 24.1. The lowest BCUT2D eigenvalue weighted by Crippen LogP contribution is -2.39. The summed E-state index contributed by atoms with van der Waals surface area (Å²) in [5.41, 5.74) is 1.57. The van der Waals surface area contributed by atoms with Crippen molar-refractivity contribution >= 4 is 17.3 Å². The van der Waals surface area contributed by atoms with E-state index in [1.165, 1.54) is 25.7 Å². The van der Waals surface area contributed by atoms with Crippen LogP contribution in [0.1, 0.15) is 100 Å². The van der Waals surface area contributed by atoms with Crippen LogP contribution in [0.15, 0.2) is 36.5 Å². The molecule has 0 aliphatic rings. The molecule has 0 aromatic heterocycles. The number of hydrogen-bond donors (Lipinski definition) is 3. The van der Waals surface area contributed by atoms with Crippen LogP contribution in [0.4, 0.5) is 0 Å². The number of carbonyl (C=O) groups excluding carboxylic acids is 1. The molecular weight excluding hydrogens is 442 g/mol. The maximum atomic E-state index is 12.1. The Balaban J connectivity index is 4.45. The Hall–Kier alpha value is -1.08. The van der Waals surface area contributed by atoms with E-state index >= 15 is 0 Å². The first kappa shape index (κ1) is 32.9. The van der Waals surface area contributed by atoms with Gasteiger partial charge in [-0.1, -0.05) is 70.9 Å². The van der Waals surface area contributed by atoms with E-state index < -0.39 is 11.4 Å². The normalized spacial score (nSPS) is 15.9. The van der Waals surface area contributed by atoms with E-state index in [2.05, 4.69) is 62.6 Å². The highest BCUT2D eigenvalue weighted by atomic mass is 32.2. The fourth-order valence-electron chi connectivity index (χ4n) is 4.14. The quantitative estimate of drug-likeness (QED) is 0.124. The summed E-state index contributed by atoms with van der Waals surface area (Å²) in [4.78, 5) is 12.1. The smallest absolute Gasteiger partial charge is 0.220 e. The number of rotatable bonds is 18. The summed E-state index contributed by atoms with van der Waals surface area (Å²) in [6.07, 6.45) is 14.8. The molecule has 0 fully saturated rings. The van der Waals surface area contributed by atoms with Gasteiger partial charge in [0.25, 0.3) is 0 Å². The van der Waals surface area contributed by atoms with Crippen molar-refractivity contribution in [3.8, 4) is 0 Å². The molecule has 1 amide bonds. The molecule has 0 saturated carbocycles. The summed E-state index contributed by atoms with van der Waals surface area (Å²) >= 11 is -1.06. The minimum absolute atomic E-state index is 0.0469. The van der Waals surface area contributed by atoms with Crippen molar-refractivity contribution < 1.29 is 9.35 Å². The molecule has 0 aromatic rings. The summed E-state index contributed by atoms with van der Waals surface area (Å²) in [7, 11) is 0. The van der Waals surface area contributed by atoms with Crippen LogP contribution in [0.25, 0.3) is 0 Å². The van der Waals surface area contributed by atoms with E-state index in [0.717, 1.165) is 18.4 Å². The second-order valence-corrected chi connectivity index (χ2v) is 12.4. The van der Waals surface area contributed by atoms with Crippen LogP contribution in [0, 0.1) is 5.41 Å². The molecule has 2 unspecified atom stereocenters. The van der Waals surface area contributed by atoms with Crippen molar-refractivity contribution in [3.05, 3.63) is 36.5 Å². The van der Waals surface area contributed by atoms with Crippen LogP contribution in [0.2, 0.25) is 0 Å². The lowest BCUT2D eigenvalue weighted by atomic mass is 9.75. The largest absolute Gasteiger partial charge is 0.598 e. The van der Waals surface area contributed by atoms with Gasteiger partial charge in [0.1, 0.15) is 4.75 Å². The highest BCUT2D eigenvalue weighted by molar-refractivity contribution is 7.90. The van der Waals surface area contributed by atoms with E-state index in [-0.39, 0.29) is 16.7 Å². The number of allylic oxidation sites excluding steroid dienone is 2. The fourth-order valence-corrected chi connectivity index (χ4v) is 4.91. The molecular formula is C28H53N3O2S. The third-order valence-corrected chi connectivity index (χ3v) is 8.26. The second kappa shape index (κ2) is 17.4. The van der Waals surface area contributed by atoms with E-state index in [1.54, 1.807) is 0 Å². The van der Waals surface area contributed by atoms with Crippen molar-refractivity contribution in [1.82, 2.24) is 15.4 Å². The molecule has 0 aliphatic carbocycles. The maximum absolute atomic E-state index is 12.1. The van der Waals surface area contributed by atoms with Crippen molar-refractivity contribution in [2.75, 3.05) is 13.1 Å². The van der Waals surface area contributed by atoms with Gasteiger partial charge in [0.15, 0.2) is 0 Å².